The molecule has 8 nitrogen and oxygen atoms in total. The van der Waals surface area contributed by atoms with Crippen LogP contribution in [0.2, 0.25) is 0 Å². The van der Waals surface area contributed by atoms with Crippen LogP contribution in [-0.2, 0) is 6.42 Å². The lowest BCUT2D eigenvalue weighted by Gasteiger charge is -2.18. The molecule has 0 radical (unpaired) electrons. The molecule has 1 amide bonds. The van der Waals surface area contributed by atoms with Gasteiger partial charge in [-0.25, -0.2) is 0 Å². The van der Waals surface area contributed by atoms with Crippen molar-refractivity contribution in [2.24, 2.45) is 5.92 Å². The predicted molar refractivity (Wildman–Crippen MR) is 116 cm³/mol. The minimum atomic E-state index is -0.646. The van der Waals surface area contributed by atoms with E-state index in [1.165, 1.54) is 4.57 Å². The van der Waals surface area contributed by atoms with Crippen molar-refractivity contribution >= 4 is 5.91 Å². The van der Waals surface area contributed by atoms with E-state index in [2.05, 4.69) is 4.98 Å². The Bertz CT molecular complexity index is 1220. The Hall–Kier alpha value is -3.65. The fourth-order valence-electron chi connectivity index (χ4n) is 4.33. The number of pyridine rings is 2. The third kappa shape index (κ3) is 3.62. The number of benzene rings is 1. The highest BCUT2D eigenvalue weighted by molar-refractivity contribution is 5.95. The molecule has 8 heteroatoms. The summed E-state index contributed by atoms with van der Waals surface area (Å²) in [6.45, 7) is 2.48. The highest BCUT2D eigenvalue weighted by Gasteiger charge is 2.35. The van der Waals surface area contributed by atoms with E-state index in [0.29, 0.717) is 35.7 Å². The zero-order chi connectivity index (χ0) is 22.2. The third-order valence-corrected chi connectivity index (χ3v) is 6.09. The van der Waals surface area contributed by atoms with Crippen LogP contribution in [0.15, 0.2) is 59.8 Å². The molecular weight excluding hydrogens is 410 g/mol. The second-order valence-electron chi connectivity index (χ2n) is 8.18. The molecule has 1 saturated heterocycles. The van der Waals surface area contributed by atoms with E-state index >= 15 is 0 Å². The van der Waals surface area contributed by atoms with Gasteiger partial charge in [0.15, 0.2) is 11.5 Å². The number of fused-ring (bicyclic) bond motifs is 1. The summed E-state index contributed by atoms with van der Waals surface area (Å²) in [5, 5.41) is 10.6. The fraction of sp³-hybridized carbons (Fsp3) is 0.292. The van der Waals surface area contributed by atoms with Crippen LogP contribution in [0, 0.1) is 12.8 Å². The number of likely N-dealkylation sites (tertiary alicyclic amines) is 1. The summed E-state index contributed by atoms with van der Waals surface area (Å²) in [5.74, 6) is 0.723. The topological polar surface area (TPSA) is 93.9 Å². The molecule has 32 heavy (non-hydrogen) atoms. The summed E-state index contributed by atoms with van der Waals surface area (Å²) in [5.41, 5.74) is 1.96. The molecule has 0 bridgehead atoms. The first-order valence-electron chi connectivity index (χ1n) is 10.5. The second kappa shape index (κ2) is 8.12. The van der Waals surface area contributed by atoms with Crippen LogP contribution >= 0.6 is 0 Å². The van der Waals surface area contributed by atoms with Crippen molar-refractivity contribution in [2.75, 3.05) is 19.9 Å². The monoisotopic (exact) mass is 433 g/mol. The van der Waals surface area contributed by atoms with Crippen molar-refractivity contribution in [3.8, 4) is 17.2 Å². The molecule has 164 valence electrons. The van der Waals surface area contributed by atoms with E-state index in [4.69, 9.17) is 9.47 Å². The van der Waals surface area contributed by atoms with Gasteiger partial charge < -0.3 is 19.5 Å². The van der Waals surface area contributed by atoms with Gasteiger partial charge in [0.1, 0.15) is 5.56 Å². The molecule has 4 heterocycles. The fourth-order valence-corrected chi connectivity index (χ4v) is 4.33. The largest absolute Gasteiger partial charge is 0.454 e. The molecule has 0 saturated carbocycles. The predicted octanol–water partition coefficient (Wildman–Crippen LogP) is 1.95. The van der Waals surface area contributed by atoms with Gasteiger partial charge in [-0.05, 0) is 54.8 Å². The first kappa shape index (κ1) is 20.3. The van der Waals surface area contributed by atoms with Crippen molar-refractivity contribution in [3.05, 3.63) is 82.0 Å². The molecule has 0 spiro atoms. The number of β-amino-alcohol motifs (C(OH)–C–C–N with tert-alkyl or cyclic N) is 1. The summed E-state index contributed by atoms with van der Waals surface area (Å²) < 4.78 is 12.2. The van der Waals surface area contributed by atoms with E-state index in [-0.39, 0.29) is 30.7 Å². The number of aliphatic hydroxyl groups excluding tert-OH is 1. The lowest BCUT2D eigenvalue weighted by molar-refractivity contribution is 0.0761. The highest BCUT2D eigenvalue weighted by atomic mass is 16.7. The molecule has 1 fully saturated rings. The van der Waals surface area contributed by atoms with Crippen molar-refractivity contribution in [3.63, 3.8) is 0 Å². The number of carbonyl (C=O) groups excluding carboxylic acids is 1. The molecule has 2 aromatic heterocycles. The zero-order valence-electron chi connectivity index (χ0n) is 17.6. The van der Waals surface area contributed by atoms with E-state index in [1.54, 1.807) is 54.7 Å². The summed E-state index contributed by atoms with van der Waals surface area (Å²) in [6, 6.07) is 10.8. The maximum atomic E-state index is 13.3. The molecule has 2 aliphatic heterocycles. The number of aryl methyl sites for hydroxylation is 1. The highest BCUT2D eigenvalue weighted by Crippen LogP contribution is 2.33. The molecule has 2 atom stereocenters. The average Bonchev–Trinajstić information content (AvgIpc) is 3.40. The Morgan fingerprint density at radius 1 is 1.12 bits per heavy atom. The standard InChI is InChI=1S/C24H23N3O5/c1-15-6-9-27(18-2-3-20-21(11-18)32-14-31-20)24(30)22(15)23(29)26-12-17(19(28)13-26)10-16-4-7-25-8-5-16/h2-9,11,17,19,28H,10,12-14H2,1H3/t17-,19+/m1/s1. The number of aromatic nitrogens is 2. The summed E-state index contributed by atoms with van der Waals surface area (Å²) >= 11 is 0. The molecule has 1 aromatic carbocycles. The Labute approximate surface area is 184 Å². The third-order valence-electron chi connectivity index (χ3n) is 6.09. The van der Waals surface area contributed by atoms with Gasteiger partial charge in [-0.15, -0.1) is 0 Å². The molecular formula is C24H23N3O5. The first-order valence-corrected chi connectivity index (χ1v) is 10.5. The molecule has 1 N–H and O–H groups in total. The summed E-state index contributed by atoms with van der Waals surface area (Å²) in [4.78, 5) is 32.3. The Morgan fingerprint density at radius 2 is 1.91 bits per heavy atom. The van der Waals surface area contributed by atoms with E-state index in [0.717, 1.165) is 5.56 Å². The normalized spacial score (nSPS) is 19.4. The van der Waals surface area contributed by atoms with Gasteiger partial charge in [-0.2, -0.15) is 0 Å². The lowest BCUT2D eigenvalue weighted by atomic mass is 9.97. The van der Waals surface area contributed by atoms with Gasteiger partial charge in [0, 0.05) is 43.7 Å². The Kier molecular flexibility index (Phi) is 5.14. The number of amides is 1. The van der Waals surface area contributed by atoms with Gasteiger partial charge in [-0.3, -0.25) is 19.1 Å². The van der Waals surface area contributed by atoms with Crippen molar-refractivity contribution in [1.29, 1.82) is 0 Å². The summed E-state index contributed by atoms with van der Waals surface area (Å²) in [7, 11) is 0. The second-order valence-corrected chi connectivity index (χ2v) is 8.18. The number of hydrogen-bond donors (Lipinski definition) is 1. The van der Waals surface area contributed by atoms with Crippen LogP contribution in [0.25, 0.3) is 5.69 Å². The van der Waals surface area contributed by atoms with Crippen LogP contribution in [0.3, 0.4) is 0 Å². The molecule has 3 aromatic rings. The van der Waals surface area contributed by atoms with Crippen molar-refractivity contribution < 1.29 is 19.4 Å². The number of nitrogens with zero attached hydrogens (tertiary/aromatic N) is 3. The minimum Gasteiger partial charge on any atom is -0.454 e. The van der Waals surface area contributed by atoms with Gasteiger partial charge in [-0.1, -0.05) is 0 Å². The van der Waals surface area contributed by atoms with Gasteiger partial charge in [0.2, 0.25) is 6.79 Å². The maximum Gasteiger partial charge on any atom is 0.268 e. The van der Waals surface area contributed by atoms with E-state index in [9.17, 15) is 14.7 Å². The maximum absolute atomic E-state index is 13.3. The first-order chi connectivity index (χ1) is 15.5. The van der Waals surface area contributed by atoms with Crippen LogP contribution in [0.5, 0.6) is 11.5 Å². The van der Waals surface area contributed by atoms with Crippen LogP contribution in [-0.4, -0.2) is 51.5 Å². The molecule has 5 rings (SSSR count). The van der Waals surface area contributed by atoms with Gasteiger partial charge in [0.05, 0.1) is 11.8 Å². The summed E-state index contributed by atoms with van der Waals surface area (Å²) in [6.07, 6.45) is 5.07. The molecule has 0 unspecified atom stereocenters. The van der Waals surface area contributed by atoms with Gasteiger partial charge >= 0.3 is 0 Å². The Morgan fingerprint density at radius 3 is 2.72 bits per heavy atom. The lowest BCUT2D eigenvalue weighted by Crippen LogP contribution is -2.36. The number of carbonyl (C=O) groups is 1. The van der Waals surface area contributed by atoms with E-state index < -0.39 is 11.7 Å². The number of ether oxygens (including phenoxy) is 2. The number of hydrogen-bond acceptors (Lipinski definition) is 6. The smallest absolute Gasteiger partial charge is 0.268 e. The number of aliphatic hydroxyl groups is 1. The van der Waals surface area contributed by atoms with Crippen LogP contribution in [0.4, 0.5) is 0 Å². The quantitative estimate of drug-likeness (QED) is 0.676. The zero-order valence-corrected chi connectivity index (χ0v) is 17.6. The van der Waals surface area contributed by atoms with Gasteiger partial charge in [0.25, 0.3) is 11.5 Å². The van der Waals surface area contributed by atoms with Crippen LogP contribution < -0.4 is 15.0 Å². The van der Waals surface area contributed by atoms with Crippen molar-refractivity contribution in [1.82, 2.24) is 14.5 Å². The average molecular weight is 433 g/mol. The SMILES string of the molecule is Cc1ccn(-c2ccc3c(c2)OCO3)c(=O)c1C(=O)N1C[C@@H](Cc2ccncc2)[C@@H](O)C1. The van der Waals surface area contributed by atoms with Crippen molar-refractivity contribution in [2.45, 2.75) is 19.4 Å². The minimum absolute atomic E-state index is 0.0959. The van der Waals surface area contributed by atoms with Crippen LogP contribution in [0.1, 0.15) is 21.5 Å². The van der Waals surface area contributed by atoms with E-state index in [1.807, 2.05) is 12.1 Å². The Balaban J connectivity index is 1.42. The number of rotatable bonds is 4. The molecule has 2 aliphatic rings. The molecule has 0 aliphatic carbocycles.